The molecule has 0 spiro atoms. The fraction of sp³-hybridized carbons (Fsp3) is 0.0909. The second kappa shape index (κ2) is 19.7. The molecule has 0 aliphatic carbocycles. The molecule has 0 radical (unpaired) electrons. The summed E-state index contributed by atoms with van der Waals surface area (Å²) in [5.74, 6) is 0. The molecule has 0 fully saturated rings. The minimum atomic E-state index is -4.77. The van der Waals surface area contributed by atoms with E-state index in [0.29, 0.717) is 39.3 Å². The van der Waals surface area contributed by atoms with Crippen molar-refractivity contribution in [3.05, 3.63) is 270 Å². The molecular weight excluding hydrogens is 1050 g/mol. The van der Waals surface area contributed by atoms with Crippen molar-refractivity contribution < 1.29 is 13.2 Å². The van der Waals surface area contributed by atoms with E-state index in [2.05, 4.69) is 201 Å². The van der Waals surface area contributed by atoms with Crippen molar-refractivity contribution in [1.82, 2.24) is 23.7 Å². The first-order valence-electron chi connectivity index (χ1n) is 28.7. The van der Waals surface area contributed by atoms with Gasteiger partial charge >= 0.3 is 6.18 Å². The lowest BCUT2D eigenvalue weighted by molar-refractivity contribution is -0.137. The van der Waals surface area contributed by atoms with Gasteiger partial charge in [0.25, 0.3) is 0 Å². The molecule has 0 aliphatic rings. The second-order valence-corrected chi connectivity index (χ2v) is 23.1. The summed E-state index contributed by atoms with van der Waals surface area (Å²) in [6, 6.07) is 70.6. The van der Waals surface area contributed by atoms with Crippen LogP contribution in [0.5, 0.6) is 0 Å². The average molecular weight is 1110 g/mol. The molecule has 0 atom stereocenters. The molecular formula is C77H56F3N5. The summed E-state index contributed by atoms with van der Waals surface area (Å²) in [5.41, 5.74) is 21.7. The van der Waals surface area contributed by atoms with Crippen LogP contribution in [0, 0.1) is 41.5 Å². The maximum absolute atomic E-state index is 16.4. The highest BCUT2D eigenvalue weighted by atomic mass is 19.4. The Labute approximate surface area is 490 Å². The highest BCUT2D eigenvalue weighted by molar-refractivity contribution is 6.15. The van der Waals surface area contributed by atoms with Gasteiger partial charge in [0.15, 0.2) is 0 Å². The van der Waals surface area contributed by atoms with E-state index < -0.39 is 11.7 Å². The Morgan fingerprint density at radius 1 is 0.294 bits per heavy atom. The van der Waals surface area contributed by atoms with Crippen molar-refractivity contribution >= 4 is 65.4 Å². The van der Waals surface area contributed by atoms with Gasteiger partial charge in [-0.2, -0.15) is 13.2 Å². The molecule has 5 aromatic heterocycles. The fourth-order valence-corrected chi connectivity index (χ4v) is 13.7. The van der Waals surface area contributed by atoms with E-state index in [-0.39, 0.29) is 0 Å². The molecule has 0 aliphatic heterocycles. The summed E-state index contributed by atoms with van der Waals surface area (Å²) in [5, 5.41) is 6.01. The number of aryl methyl sites for hydroxylation is 6. The number of alkyl halides is 3. The Hall–Kier alpha value is -10.3. The molecule has 410 valence electrons. The van der Waals surface area contributed by atoms with Gasteiger partial charge in [0, 0.05) is 79.4 Å². The second-order valence-electron chi connectivity index (χ2n) is 23.1. The SMILES string of the molecule is Cc1cc(C)cc(-c2ccc3c(c2)c2ccccc2n3-c2ccncc2-c2cc(C(F)(F)F)cc(-c3cnccc3-n3c4ccccc4c4cc(-c5cc(C)cc(C)c5)ccc43)c2-n2c3ccccc3c3cc(-c4cc(C)cc(C)c4)ccc32)c1. The number of aromatic nitrogens is 5. The molecule has 0 N–H and O–H groups in total. The number of benzene rings is 10. The van der Waals surface area contributed by atoms with Crippen LogP contribution in [0.2, 0.25) is 0 Å². The highest BCUT2D eigenvalue weighted by Gasteiger charge is 2.35. The van der Waals surface area contributed by atoms with Gasteiger partial charge in [0.1, 0.15) is 0 Å². The van der Waals surface area contributed by atoms with E-state index in [1.165, 1.54) is 34.4 Å². The zero-order chi connectivity index (χ0) is 58.0. The van der Waals surface area contributed by atoms with Gasteiger partial charge in [-0.1, -0.05) is 161 Å². The highest BCUT2D eigenvalue weighted by Crippen LogP contribution is 2.49. The summed E-state index contributed by atoms with van der Waals surface area (Å²) in [7, 11) is 0. The summed E-state index contributed by atoms with van der Waals surface area (Å²) in [4.78, 5) is 9.61. The first kappa shape index (κ1) is 51.6. The van der Waals surface area contributed by atoms with E-state index in [4.69, 9.17) is 9.97 Å². The van der Waals surface area contributed by atoms with Crippen molar-refractivity contribution in [3.63, 3.8) is 0 Å². The fourth-order valence-electron chi connectivity index (χ4n) is 13.7. The quantitative estimate of drug-likeness (QED) is 0.152. The normalized spacial score (nSPS) is 12.1. The summed E-state index contributed by atoms with van der Waals surface area (Å²) < 4.78 is 55.8. The van der Waals surface area contributed by atoms with Crippen LogP contribution in [0.4, 0.5) is 13.2 Å². The predicted molar refractivity (Wildman–Crippen MR) is 346 cm³/mol. The van der Waals surface area contributed by atoms with Gasteiger partial charge in [-0.15, -0.1) is 0 Å². The van der Waals surface area contributed by atoms with Crippen molar-refractivity contribution in [2.45, 2.75) is 47.7 Å². The molecule has 5 heterocycles. The first-order chi connectivity index (χ1) is 41.2. The lowest BCUT2D eigenvalue weighted by Gasteiger charge is -2.24. The summed E-state index contributed by atoms with van der Waals surface area (Å²) in [6.07, 6.45) is 2.17. The Morgan fingerprint density at radius 2 is 0.612 bits per heavy atom. The number of hydrogen-bond donors (Lipinski definition) is 0. The van der Waals surface area contributed by atoms with Crippen LogP contribution in [0.15, 0.2) is 231 Å². The van der Waals surface area contributed by atoms with Crippen LogP contribution in [-0.2, 0) is 6.18 Å². The van der Waals surface area contributed by atoms with Gasteiger partial charge in [-0.3, -0.25) is 9.97 Å². The Kier molecular flexibility index (Phi) is 11.9. The maximum Gasteiger partial charge on any atom is 0.416 e. The zero-order valence-electron chi connectivity index (χ0n) is 47.8. The van der Waals surface area contributed by atoms with Crippen LogP contribution in [0.25, 0.3) is 138 Å². The van der Waals surface area contributed by atoms with Crippen LogP contribution < -0.4 is 0 Å². The van der Waals surface area contributed by atoms with Gasteiger partial charge in [-0.25, -0.2) is 0 Å². The molecule has 85 heavy (non-hydrogen) atoms. The van der Waals surface area contributed by atoms with E-state index >= 15 is 13.2 Å². The van der Waals surface area contributed by atoms with Crippen molar-refractivity contribution in [1.29, 1.82) is 0 Å². The summed E-state index contributed by atoms with van der Waals surface area (Å²) >= 11 is 0. The number of halogens is 3. The number of hydrogen-bond acceptors (Lipinski definition) is 2. The first-order valence-corrected chi connectivity index (χ1v) is 28.7. The van der Waals surface area contributed by atoms with E-state index in [1.54, 1.807) is 24.8 Å². The Balaban J connectivity index is 1.06. The number of nitrogens with zero attached hydrogens (tertiary/aromatic N) is 5. The topological polar surface area (TPSA) is 40.6 Å². The molecule has 0 saturated heterocycles. The molecule has 15 rings (SSSR count). The standard InChI is InChI=1S/C77H56F3N5/c1-45-29-46(2)33-54(32-45)51-19-22-71-61(38-51)58-13-7-10-16-68(58)83(71)74-25-27-81-43-66(74)64-41-57(77(78,79)80)42-65(76(64)85-70-18-12-9-15-60(70)63-40-53(21-24-73(63)85)56-36-49(5)31-50(6)37-56)67-44-82-28-26-75(67)84-69-17-11-8-14-59(69)62-39-52(20-23-72(62)84)55-34-47(3)30-48(4)35-55/h7-44H,1-6H3. The van der Waals surface area contributed by atoms with Crippen LogP contribution in [-0.4, -0.2) is 23.7 Å². The summed E-state index contributed by atoms with van der Waals surface area (Å²) in [6.45, 7) is 12.7. The van der Waals surface area contributed by atoms with Gasteiger partial charge < -0.3 is 13.7 Å². The molecule has 0 saturated carbocycles. The van der Waals surface area contributed by atoms with Crippen molar-refractivity contribution in [2.24, 2.45) is 0 Å². The van der Waals surface area contributed by atoms with Crippen LogP contribution >= 0.6 is 0 Å². The minimum absolute atomic E-state index is 0.349. The Bertz CT molecular complexity index is 4970. The van der Waals surface area contributed by atoms with E-state index in [1.807, 2.05) is 48.5 Å². The van der Waals surface area contributed by atoms with Gasteiger partial charge in [0.05, 0.1) is 55.7 Å². The lowest BCUT2D eigenvalue weighted by atomic mass is 9.92. The van der Waals surface area contributed by atoms with Crippen molar-refractivity contribution in [3.8, 4) is 72.7 Å². The third kappa shape index (κ3) is 8.61. The molecule has 10 aromatic carbocycles. The van der Waals surface area contributed by atoms with E-state index in [9.17, 15) is 0 Å². The largest absolute Gasteiger partial charge is 0.416 e. The van der Waals surface area contributed by atoms with Crippen LogP contribution in [0.1, 0.15) is 38.9 Å². The molecule has 5 nitrogen and oxygen atoms in total. The zero-order valence-corrected chi connectivity index (χ0v) is 47.8. The number of para-hydroxylation sites is 3. The minimum Gasteiger partial charge on any atom is -0.309 e. The van der Waals surface area contributed by atoms with Crippen molar-refractivity contribution in [2.75, 3.05) is 0 Å². The molecule has 8 heteroatoms. The predicted octanol–water partition coefficient (Wildman–Crippen LogP) is 21.0. The smallest absolute Gasteiger partial charge is 0.309 e. The maximum atomic E-state index is 16.4. The van der Waals surface area contributed by atoms with Gasteiger partial charge in [0.2, 0.25) is 0 Å². The number of rotatable bonds is 8. The monoisotopic (exact) mass is 1110 g/mol. The van der Waals surface area contributed by atoms with E-state index in [0.717, 1.165) is 110 Å². The third-order valence-electron chi connectivity index (χ3n) is 17.0. The van der Waals surface area contributed by atoms with Gasteiger partial charge in [-0.05, 0) is 154 Å². The molecule has 15 aromatic rings. The molecule has 0 bridgehead atoms. The number of fused-ring (bicyclic) bond motifs is 9. The third-order valence-corrected chi connectivity index (χ3v) is 17.0. The molecule has 0 unspecified atom stereocenters. The van der Waals surface area contributed by atoms with Crippen LogP contribution in [0.3, 0.4) is 0 Å². The Morgan fingerprint density at radius 3 is 0.965 bits per heavy atom. The number of pyridine rings is 2. The average Bonchev–Trinajstić information content (AvgIpc) is 1.74. The molecule has 0 amide bonds. The lowest BCUT2D eigenvalue weighted by Crippen LogP contribution is -2.11.